The average molecular weight is 415 g/mol. The molecule has 3 aromatic heterocycles. The fraction of sp³-hybridized carbons (Fsp3) is 0.167. The lowest BCUT2D eigenvalue weighted by Gasteiger charge is -2.07. The maximum Gasteiger partial charge on any atom is 0.190 e. The number of halogens is 1. The lowest BCUT2D eigenvalue weighted by Crippen LogP contribution is -2.05. The maximum atomic E-state index is 13.1. The number of aromatic amines is 1. The highest BCUT2D eigenvalue weighted by atomic mass is 35.5. The van der Waals surface area contributed by atoms with Gasteiger partial charge in [-0.25, -0.2) is 4.98 Å². The number of hydrogen-bond donors (Lipinski definition) is 1. The van der Waals surface area contributed by atoms with Gasteiger partial charge in [0.25, 0.3) is 0 Å². The van der Waals surface area contributed by atoms with E-state index in [1.807, 2.05) is 49.4 Å². The zero-order chi connectivity index (χ0) is 20.8. The first-order valence-corrected chi connectivity index (χ1v) is 10.2. The number of rotatable bonds is 5. The fourth-order valence-electron chi connectivity index (χ4n) is 4.00. The SMILES string of the molecule is C=C(C(=O)c1cnc2n[nH]c(-c3ccnc(C)c3)c2c1)C1C[C@H]1c1ccccc1Cl. The van der Waals surface area contributed by atoms with Gasteiger partial charge in [0.2, 0.25) is 0 Å². The first kappa shape index (κ1) is 18.7. The minimum atomic E-state index is -0.0815. The van der Waals surface area contributed by atoms with Gasteiger partial charge < -0.3 is 0 Å². The molecule has 0 bridgehead atoms. The molecule has 0 spiro atoms. The number of benzene rings is 1. The van der Waals surface area contributed by atoms with Crippen LogP contribution in [0.4, 0.5) is 0 Å². The van der Waals surface area contributed by atoms with Crippen LogP contribution >= 0.6 is 11.6 Å². The number of H-pyrrole nitrogens is 1. The molecule has 1 aliphatic carbocycles. The van der Waals surface area contributed by atoms with E-state index in [0.29, 0.717) is 16.8 Å². The topological polar surface area (TPSA) is 71.5 Å². The van der Waals surface area contributed by atoms with Gasteiger partial charge >= 0.3 is 0 Å². The van der Waals surface area contributed by atoms with Crippen molar-refractivity contribution in [3.05, 3.63) is 88.9 Å². The van der Waals surface area contributed by atoms with E-state index in [-0.39, 0.29) is 17.6 Å². The van der Waals surface area contributed by atoms with Crippen molar-refractivity contribution in [2.45, 2.75) is 19.3 Å². The van der Waals surface area contributed by atoms with Crippen molar-refractivity contribution in [2.75, 3.05) is 0 Å². The summed E-state index contributed by atoms with van der Waals surface area (Å²) in [6.45, 7) is 6.04. The number of aryl methyl sites for hydroxylation is 1. The third kappa shape index (κ3) is 3.21. The van der Waals surface area contributed by atoms with Crippen molar-refractivity contribution in [2.24, 2.45) is 5.92 Å². The minimum Gasteiger partial charge on any atom is -0.289 e. The second-order valence-corrected chi connectivity index (χ2v) is 8.11. The Bertz CT molecular complexity index is 1310. The smallest absolute Gasteiger partial charge is 0.190 e. The van der Waals surface area contributed by atoms with Gasteiger partial charge in [-0.3, -0.25) is 14.9 Å². The molecule has 6 heteroatoms. The summed E-state index contributed by atoms with van der Waals surface area (Å²) in [5, 5.41) is 8.85. The Kier molecular flexibility index (Phi) is 4.48. The van der Waals surface area contributed by atoms with Gasteiger partial charge in [-0.1, -0.05) is 36.4 Å². The highest BCUT2D eigenvalue weighted by Crippen LogP contribution is 2.53. The predicted molar refractivity (Wildman–Crippen MR) is 118 cm³/mol. The predicted octanol–water partition coefficient (Wildman–Crippen LogP) is 5.52. The molecule has 0 amide bonds. The van der Waals surface area contributed by atoms with Crippen LogP contribution < -0.4 is 0 Å². The van der Waals surface area contributed by atoms with Gasteiger partial charge in [-0.15, -0.1) is 0 Å². The van der Waals surface area contributed by atoms with Gasteiger partial charge in [0.1, 0.15) is 0 Å². The number of carbonyl (C=O) groups is 1. The minimum absolute atomic E-state index is 0.0815. The molecule has 0 saturated heterocycles. The first-order chi connectivity index (χ1) is 14.5. The molecule has 0 aliphatic heterocycles. The van der Waals surface area contributed by atoms with E-state index >= 15 is 0 Å². The Morgan fingerprint density at radius 1 is 1.20 bits per heavy atom. The number of allylic oxidation sites excluding steroid dienone is 1. The highest BCUT2D eigenvalue weighted by molar-refractivity contribution is 6.31. The van der Waals surface area contributed by atoms with Crippen LogP contribution in [0.5, 0.6) is 0 Å². The number of aromatic nitrogens is 4. The van der Waals surface area contributed by atoms with E-state index in [9.17, 15) is 4.79 Å². The van der Waals surface area contributed by atoms with Crippen molar-refractivity contribution in [1.29, 1.82) is 0 Å². The first-order valence-electron chi connectivity index (χ1n) is 9.78. The van der Waals surface area contributed by atoms with Crippen LogP contribution in [-0.4, -0.2) is 25.9 Å². The third-order valence-electron chi connectivity index (χ3n) is 5.69. The normalized spacial score (nSPS) is 17.8. The number of ketones is 1. The zero-order valence-electron chi connectivity index (χ0n) is 16.4. The monoisotopic (exact) mass is 414 g/mol. The highest BCUT2D eigenvalue weighted by Gasteiger charge is 2.43. The Morgan fingerprint density at radius 3 is 2.83 bits per heavy atom. The van der Waals surface area contributed by atoms with Crippen LogP contribution in [0.25, 0.3) is 22.3 Å². The lowest BCUT2D eigenvalue weighted by atomic mass is 9.98. The molecule has 1 unspecified atom stereocenters. The summed E-state index contributed by atoms with van der Waals surface area (Å²) in [6.07, 6.45) is 4.21. The van der Waals surface area contributed by atoms with Crippen LogP contribution in [0, 0.1) is 12.8 Å². The number of fused-ring (bicyclic) bond motifs is 1. The molecule has 30 heavy (non-hydrogen) atoms. The van der Waals surface area contributed by atoms with Gasteiger partial charge in [0.15, 0.2) is 11.4 Å². The molecule has 1 N–H and O–H groups in total. The summed E-state index contributed by atoms with van der Waals surface area (Å²) >= 11 is 6.33. The Labute approximate surface area is 178 Å². The Hall–Kier alpha value is -3.31. The van der Waals surface area contributed by atoms with Crippen molar-refractivity contribution >= 4 is 28.4 Å². The molecule has 2 atom stereocenters. The second kappa shape index (κ2) is 7.18. The van der Waals surface area contributed by atoms with Crippen LogP contribution in [0.1, 0.15) is 34.0 Å². The molecule has 1 aromatic carbocycles. The molecule has 5 nitrogen and oxygen atoms in total. The largest absolute Gasteiger partial charge is 0.289 e. The number of nitrogens with zero attached hydrogens (tertiary/aromatic N) is 3. The quantitative estimate of drug-likeness (QED) is 0.344. The molecular weight excluding hydrogens is 396 g/mol. The Balaban J connectivity index is 1.44. The zero-order valence-corrected chi connectivity index (χ0v) is 17.1. The van der Waals surface area contributed by atoms with E-state index < -0.39 is 0 Å². The molecule has 4 aromatic rings. The molecule has 5 rings (SSSR count). The van der Waals surface area contributed by atoms with E-state index in [1.54, 1.807) is 12.4 Å². The summed E-state index contributed by atoms with van der Waals surface area (Å²) in [5.74, 6) is 0.276. The summed E-state index contributed by atoms with van der Waals surface area (Å²) in [6, 6.07) is 13.5. The summed E-state index contributed by atoms with van der Waals surface area (Å²) in [7, 11) is 0. The van der Waals surface area contributed by atoms with E-state index in [1.165, 1.54) is 0 Å². The Morgan fingerprint density at radius 2 is 2.03 bits per heavy atom. The van der Waals surface area contributed by atoms with Gasteiger partial charge in [0, 0.05) is 39.6 Å². The lowest BCUT2D eigenvalue weighted by molar-refractivity contribution is 0.102. The molecule has 1 aliphatic rings. The van der Waals surface area contributed by atoms with Crippen LogP contribution in [0.2, 0.25) is 5.02 Å². The standard InChI is InChI=1S/C24H19ClN4O/c1-13-9-15(7-8-26-13)22-20-10-16(12-27-24(20)29-28-22)23(30)14(2)18-11-19(18)17-5-3-4-6-21(17)25/h3-10,12,18-19H,2,11H2,1H3,(H,27,28,29)/t18?,19-/m0/s1. The number of hydrogen-bond acceptors (Lipinski definition) is 4. The van der Waals surface area contributed by atoms with Crippen LogP contribution in [-0.2, 0) is 0 Å². The number of pyridine rings is 2. The number of nitrogens with one attached hydrogen (secondary N) is 1. The molecule has 1 fully saturated rings. The molecule has 3 heterocycles. The molecular formula is C24H19ClN4O. The van der Waals surface area contributed by atoms with Crippen molar-refractivity contribution in [3.63, 3.8) is 0 Å². The van der Waals surface area contributed by atoms with Gasteiger partial charge in [-0.2, -0.15) is 5.10 Å². The summed E-state index contributed by atoms with van der Waals surface area (Å²) in [5.41, 5.74) is 5.46. The van der Waals surface area contributed by atoms with E-state index in [2.05, 4.69) is 26.7 Å². The third-order valence-corrected chi connectivity index (χ3v) is 6.04. The van der Waals surface area contributed by atoms with Crippen LogP contribution in [0.15, 0.2) is 67.0 Å². The molecule has 0 radical (unpaired) electrons. The molecule has 148 valence electrons. The van der Waals surface area contributed by atoms with E-state index in [4.69, 9.17) is 11.6 Å². The number of Topliss-reactive ketones (excluding diaryl/α,β-unsaturated/α-hetero) is 1. The van der Waals surface area contributed by atoms with Crippen molar-refractivity contribution in [1.82, 2.24) is 20.2 Å². The summed E-state index contributed by atoms with van der Waals surface area (Å²) in [4.78, 5) is 21.8. The maximum absolute atomic E-state index is 13.1. The van der Waals surface area contributed by atoms with E-state index in [0.717, 1.165) is 39.3 Å². The van der Waals surface area contributed by atoms with Crippen LogP contribution in [0.3, 0.4) is 0 Å². The van der Waals surface area contributed by atoms with Gasteiger partial charge in [-0.05, 0) is 60.6 Å². The van der Waals surface area contributed by atoms with Crippen molar-refractivity contribution < 1.29 is 4.79 Å². The fourth-order valence-corrected chi connectivity index (χ4v) is 4.27. The summed E-state index contributed by atoms with van der Waals surface area (Å²) < 4.78 is 0. The second-order valence-electron chi connectivity index (χ2n) is 7.70. The van der Waals surface area contributed by atoms with Crippen molar-refractivity contribution in [3.8, 4) is 11.3 Å². The van der Waals surface area contributed by atoms with Gasteiger partial charge in [0.05, 0.1) is 5.69 Å². The number of carbonyl (C=O) groups excluding carboxylic acids is 1. The average Bonchev–Trinajstić information content (AvgIpc) is 3.43. The molecule has 1 saturated carbocycles.